The standard InChI is InChI=1S/C17H10ClF4N5OS/c1-8-15(9-2-10(19)6-23-5-9)27-14(28)3-11(24-16(27)29-8)7-26-13(18)4-12(25-26)17(20,21)22/h2-6H,7H2,1H3. The molecule has 0 N–H and O–H groups in total. The predicted molar refractivity (Wildman–Crippen MR) is 98.6 cm³/mol. The number of thiazole rings is 1. The number of rotatable bonds is 3. The Hall–Kier alpha value is -2.79. The second kappa shape index (κ2) is 6.92. The molecule has 0 aliphatic heterocycles. The van der Waals surface area contributed by atoms with E-state index in [2.05, 4.69) is 15.1 Å². The summed E-state index contributed by atoms with van der Waals surface area (Å²) in [5.41, 5.74) is -0.534. The summed E-state index contributed by atoms with van der Waals surface area (Å²) in [6, 6.07) is 3.14. The molecule has 0 amide bonds. The Bertz CT molecular complexity index is 1290. The lowest BCUT2D eigenvalue weighted by molar-refractivity contribution is -0.141. The van der Waals surface area contributed by atoms with Gasteiger partial charge in [-0.1, -0.05) is 11.6 Å². The number of fused-ring (bicyclic) bond motifs is 1. The van der Waals surface area contributed by atoms with Crippen LogP contribution in [0, 0.1) is 12.7 Å². The van der Waals surface area contributed by atoms with Gasteiger partial charge in [-0.3, -0.25) is 14.2 Å². The summed E-state index contributed by atoms with van der Waals surface area (Å²) in [4.78, 5) is 21.9. The molecule has 6 nitrogen and oxygen atoms in total. The van der Waals surface area contributed by atoms with Crippen LogP contribution in [0.1, 0.15) is 16.3 Å². The van der Waals surface area contributed by atoms with E-state index in [1.807, 2.05) is 0 Å². The third-order valence-electron chi connectivity index (χ3n) is 4.05. The summed E-state index contributed by atoms with van der Waals surface area (Å²) in [6.45, 7) is 1.53. The van der Waals surface area contributed by atoms with Crippen LogP contribution in [0.15, 0.2) is 35.4 Å². The first kappa shape index (κ1) is 19.5. The van der Waals surface area contributed by atoms with E-state index in [1.165, 1.54) is 34.1 Å². The maximum atomic E-state index is 13.6. The fourth-order valence-corrected chi connectivity index (χ4v) is 4.09. The van der Waals surface area contributed by atoms with Crippen molar-refractivity contribution in [2.45, 2.75) is 19.6 Å². The summed E-state index contributed by atoms with van der Waals surface area (Å²) in [5, 5.41) is 3.20. The van der Waals surface area contributed by atoms with Crippen LogP contribution in [0.3, 0.4) is 0 Å². The first-order valence-corrected chi connectivity index (χ1v) is 9.26. The number of aromatic nitrogens is 5. The van der Waals surface area contributed by atoms with Crippen molar-refractivity contribution in [2.75, 3.05) is 0 Å². The lowest BCUT2D eigenvalue weighted by Crippen LogP contribution is -2.17. The molecule has 12 heteroatoms. The molecule has 0 atom stereocenters. The van der Waals surface area contributed by atoms with Crippen molar-refractivity contribution >= 4 is 27.9 Å². The van der Waals surface area contributed by atoms with Gasteiger partial charge in [-0.15, -0.1) is 11.3 Å². The molecule has 29 heavy (non-hydrogen) atoms. The molecule has 0 unspecified atom stereocenters. The molecular formula is C17H10ClF4N5OS. The molecule has 0 saturated heterocycles. The van der Waals surface area contributed by atoms with E-state index in [-0.39, 0.29) is 17.4 Å². The lowest BCUT2D eigenvalue weighted by atomic mass is 10.2. The average molecular weight is 444 g/mol. The van der Waals surface area contributed by atoms with Crippen molar-refractivity contribution < 1.29 is 17.6 Å². The van der Waals surface area contributed by atoms with Gasteiger partial charge in [-0.2, -0.15) is 18.3 Å². The van der Waals surface area contributed by atoms with Crippen LogP contribution >= 0.6 is 22.9 Å². The molecular weight excluding hydrogens is 434 g/mol. The number of alkyl halides is 3. The van der Waals surface area contributed by atoms with E-state index in [9.17, 15) is 22.4 Å². The van der Waals surface area contributed by atoms with Gasteiger partial charge in [-0.05, 0) is 13.0 Å². The molecule has 4 aromatic heterocycles. The van der Waals surface area contributed by atoms with Crippen molar-refractivity contribution in [1.82, 2.24) is 24.1 Å². The monoisotopic (exact) mass is 443 g/mol. The summed E-state index contributed by atoms with van der Waals surface area (Å²) < 4.78 is 54.2. The molecule has 4 aromatic rings. The van der Waals surface area contributed by atoms with Crippen LogP contribution in [-0.2, 0) is 12.7 Å². The molecule has 0 radical (unpaired) electrons. The van der Waals surface area contributed by atoms with Gasteiger partial charge in [0, 0.05) is 28.8 Å². The minimum atomic E-state index is -4.63. The highest BCUT2D eigenvalue weighted by molar-refractivity contribution is 7.17. The zero-order valence-corrected chi connectivity index (χ0v) is 16.1. The van der Waals surface area contributed by atoms with E-state index in [0.717, 1.165) is 10.9 Å². The van der Waals surface area contributed by atoms with Crippen LogP contribution in [0.2, 0.25) is 5.15 Å². The van der Waals surface area contributed by atoms with Gasteiger partial charge in [0.2, 0.25) is 0 Å². The van der Waals surface area contributed by atoms with Gasteiger partial charge < -0.3 is 0 Å². The molecule has 0 aliphatic carbocycles. The van der Waals surface area contributed by atoms with Gasteiger partial charge in [0.15, 0.2) is 10.7 Å². The Kier molecular flexibility index (Phi) is 4.66. The minimum Gasteiger partial charge on any atom is -0.269 e. The van der Waals surface area contributed by atoms with Crippen LogP contribution in [0.5, 0.6) is 0 Å². The topological polar surface area (TPSA) is 65.1 Å². The van der Waals surface area contributed by atoms with Gasteiger partial charge in [-0.25, -0.2) is 14.1 Å². The molecule has 0 bridgehead atoms. The SMILES string of the molecule is Cc1sc2nc(Cn3nc(C(F)(F)F)cc3Cl)cc(=O)n2c1-c1cncc(F)c1. The van der Waals surface area contributed by atoms with E-state index in [0.29, 0.717) is 27.2 Å². The number of hydrogen-bond donors (Lipinski definition) is 0. The lowest BCUT2D eigenvalue weighted by Gasteiger charge is -2.06. The highest BCUT2D eigenvalue weighted by atomic mass is 35.5. The summed E-state index contributed by atoms with van der Waals surface area (Å²) in [7, 11) is 0. The molecule has 150 valence electrons. The fraction of sp³-hybridized carbons (Fsp3) is 0.176. The smallest absolute Gasteiger partial charge is 0.269 e. The maximum absolute atomic E-state index is 13.6. The number of pyridine rings is 1. The first-order chi connectivity index (χ1) is 13.6. The quantitative estimate of drug-likeness (QED) is 0.445. The minimum absolute atomic E-state index is 0.193. The second-order valence-electron chi connectivity index (χ2n) is 6.11. The van der Waals surface area contributed by atoms with Crippen LogP contribution in [0.25, 0.3) is 16.2 Å². The van der Waals surface area contributed by atoms with Gasteiger partial charge in [0.25, 0.3) is 5.56 Å². The fourth-order valence-electron chi connectivity index (χ4n) is 2.88. The zero-order valence-electron chi connectivity index (χ0n) is 14.5. The molecule has 0 aliphatic rings. The normalized spacial score (nSPS) is 12.1. The highest BCUT2D eigenvalue weighted by Crippen LogP contribution is 2.31. The molecule has 0 saturated carbocycles. The Morgan fingerprint density at radius 3 is 2.62 bits per heavy atom. The number of nitrogens with zero attached hydrogens (tertiary/aromatic N) is 5. The number of aryl methyl sites for hydroxylation is 1. The molecule has 4 heterocycles. The Morgan fingerprint density at radius 1 is 1.21 bits per heavy atom. The van der Waals surface area contributed by atoms with Crippen molar-refractivity contribution in [2.24, 2.45) is 0 Å². The third-order valence-corrected chi connectivity index (χ3v) is 5.31. The Balaban J connectivity index is 1.78. The average Bonchev–Trinajstić information content (AvgIpc) is 3.15. The third kappa shape index (κ3) is 3.62. The van der Waals surface area contributed by atoms with Crippen LogP contribution < -0.4 is 5.56 Å². The number of halogens is 5. The largest absolute Gasteiger partial charge is 0.435 e. The molecule has 0 fully saturated rings. The molecule has 0 spiro atoms. The summed E-state index contributed by atoms with van der Waals surface area (Å²) in [5.74, 6) is -0.548. The number of hydrogen-bond acceptors (Lipinski definition) is 5. The van der Waals surface area contributed by atoms with Crippen molar-refractivity contribution in [3.8, 4) is 11.3 Å². The zero-order chi connectivity index (χ0) is 20.9. The van der Waals surface area contributed by atoms with Crippen LogP contribution in [0.4, 0.5) is 17.6 Å². The van der Waals surface area contributed by atoms with Gasteiger partial charge in [0.05, 0.1) is 24.1 Å². The summed E-state index contributed by atoms with van der Waals surface area (Å²) in [6.07, 6.45) is -2.15. The van der Waals surface area contributed by atoms with E-state index < -0.39 is 23.2 Å². The molecule has 0 aromatic carbocycles. The summed E-state index contributed by atoms with van der Waals surface area (Å²) >= 11 is 7.02. The maximum Gasteiger partial charge on any atom is 0.435 e. The van der Waals surface area contributed by atoms with E-state index >= 15 is 0 Å². The van der Waals surface area contributed by atoms with Crippen molar-refractivity contribution in [3.05, 3.63) is 68.2 Å². The van der Waals surface area contributed by atoms with Gasteiger partial charge in [0.1, 0.15) is 11.0 Å². The highest BCUT2D eigenvalue weighted by Gasteiger charge is 2.34. The van der Waals surface area contributed by atoms with Gasteiger partial charge >= 0.3 is 6.18 Å². The second-order valence-corrected chi connectivity index (χ2v) is 7.68. The van der Waals surface area contributed by atoms with E-state index in [4.69, 9.17) is 11.6 Å². The van der Waals surface area contributed by atoms with E-state index in [1.54, 1.807) is 6.92 Å². The van der Waals surface area contributed by atoms with Crippen molar-refractivity contribution in [3.63, 3.8) is 0 Å². The van der Waals surface area contributed by atoms with Crippen LogP contribution in [-0.4, -0.2) is 24.1 Å². The Labute approximate surface area is 169 Å². The predicted octanol–water partition coefficient (Wildman–Crippen LogP) is 4.18. The van der Waals surface area contributed by atoms with Crippen molar-refractivity contribution in [1.29, 1.82) is 0 Å². The first-order valence-electron chi connectivity index (χ1n) is 8.07. The Morgan fingerprint density at radius 2 is 1.97 bits per heavy atom. The molecule has 4 rings (SSSR count).